The lowest BCUT2D eigenvalue weighted by molar-refractivity contribution is 0.102. The van der Waals surface area contributed by atoms with E-state index in [1.807, 2.05) is 0 Å². The molecule has 0 aliphatic heterocycles. The van der Waals surface area contributed by atoms with Gasteiger partial charge in [0, 0.05) is 0 Å². The van der Waals surface area contributed by atoms with Gasteiger partial charge in [-0.1, -0.05) is 29.3 Å². The number of aromatic nitrogens is 2. The smallest absolute Gasteiger partial charge is 0.261 e. The summed E-state index contributed by atoms with van der Waals surface area (Å²) >= 11 is 11.4. The Morgan fingerprint density at radius 2 is 2.06 bits per heavy atom. The molecule has 2 rings (SSSR count). The summed E-state index contributed by atoms with van der Waals surface area (Å²) in [6.45, 7) is 0. The average molecular weight is 286 g/mol. The second-order valence-electron chi connectivity index (χ2n) is 3.28. The third kappa shape index (κ3) is 2.75. The Balaban J connectivity index is 2.28. The van der Waals surface area contributed by atoms with Gasteiger partial charge in [0.1, 0.15) is 11.0 Å². The Labute approximate surface area is 112 Å². The maximum absolute atomic E-state index is 13.5. The summed E-state index contributed by atoms with van der Waals surface area (Å²) in [7, 11) is 0. The number of halogens is 3. The normalized spacial score (nSPS) is 10.2. The molecule has 1 amide bonds. The number of amides is 1. The summed E-state index contributed by atoms with van der Waals surface area (Å²) < 4.78 is 13.5. The zero-order valence-electron chi connectivity index (χ0n) is 8.82. The zero-order chi connectivity index (χ0) is 13.1. The second kappa shape index (κ2) is 5.29. The van der Waals surface area contributed by atoms with Crippen molar-refractivity contribution in [1.29, 1.82) is 0 Å². The Kier molecular flexibility index (Phi) is 3.74. The number of hydrogen-bond acceptors (Lipinski definition) is 3. The first kappa shape index (κ1) is 12.7. The van der Waals surface area contributed by atoms with Gasteiger partial charge < -0.3 is 5.32 Å². The van der Waals surface area contributed by atoms with E-state index in [1.165, 1.54) is 24.5 Å². The van der Waals surface area contributed by atoms with Gasteiger partial charge in [-0.05, 0) is 12.1 Å². The van der Waals surface area contributed by atoms with Crippen molar-refractivity contribution in [3.8, 4) is 0 Å². The third-order valence-corrected chi connectivity index (χ3v) is 2.53. The molecule has 0 atom stereocenters. The van der Waals surface area contributed by atoms with Crippen molar-refractivity contribution < 1.29 is 9.18 Å². The Morgan fingerprint density at radius 1 is 1.28 bits per heavy atom. The number of rotatable bonds is 2. The molecule has 1 aromatic heterocycles. The van der Waals surface area contributed by atoms with Crippen molar-refractivity contribution in [2.45, 2.75) is 0 Å². The molecule has 0 aliphatic rings. The molecule has 0 saturated heterocycles. The van der Waals surface area contributed by atoms with Crippen molar-refractivity contribution in [3.05, 3.63) is 52.1 Å². The first-order valence-corrected chi connectivity index (χ1v) is 5.56. The number of hydrogen-bond donors (Lipinski definition) is 1. The van der Waals surface area contributed by atoms with Gasteiger partial charge in [-0.15, -0.1) is 0 Å². The summed E-state index contributed by atoms with van der Waals surface area (Å²) in [5, 5.41) is 2.49. The summed E-state index contributed by atoms with van der Waals surface area (Å²) in [5.41, 5.74) is -0.249. The molecule has 0 unspecified atom stereocenters. The third-order valence-electron chi connectivity index (χ3n) is 2.04. The SMILES string of the molecule is O=C(Nc1cncc(Cl)n1)c1c(F)cccc1Cl. The maximum Gasteiger partial charge on any atom is 0.261 e. The van der Waals surface area contributed by atoms with Crippen molar-refractivity contribution in [2.24, 2.45) is 0 Å². The fourth-order valence-corrected chi connectivity index (χ4v) is 1.69. The highest BCUT2D eigenvalue weighted by atomic mass is 35.5. The second-order valence-corrected chi connectivity index (χ2v) is 4.07. The van der Waals surface area contributed by atoms with Crippen molar-refractivity contribution in [1.82, 2.24) is 9.97 Å². The summed E-state index contributed by atoms with van der Waals surface area (Å²) in [4.78, 5) is 19.4. The minimum absolute atomic E-state index is 0.0162. The van der Waals surface area contributed by atoms with Crippen LogP contribution in [0.15, 0.2) is 30.6 Å². The van der Waals surface area contributed by atoms with Gasteiger partial charge in [0.15, 0.2) is 5.82 Å². The molecule has 4 nitrogen and oxygen atoms in total. The molecule has 0 saturated carbocycles. The molecule has 1 aromatic carbocycles. The van der Waals surface area contributed by atoms with Crippen molar-refractivity contribution >= 4 is 34.9 Å². The van der Waals surface area contributed by atoms with Crippen molar-refractivity contribution in [2.75, 3.05) is 5.32 Å². The van der Waals surface area contributed by atoms with E-state index in [1.54, 1.807) is 0 Å². The molecule has 1 heterocycles. The van der Waals surface area contributed by atoms with E-state index in [2.05, 4.69) is 15.3 Å². The molecule has 0 spiro atoms. The number of carbonyl (C=O) groups is 1. The fourth-order valence-electron chi connectivity index (χ4n) is 1.30. The van der Waals surface area contributed by atoms with Crippen LogP contribution in [0, 0.1) is 5.82 Å². The van der Waals surface area contributed by atoms with E-state index in [9.17, 15) is 9.18 Å². The van der Waals surface area contributed by atoms with Gasteiger partial charge in [0.2, 0.25) is 0 Å². The lowest BCUT2D eigenvalue weighted by Crippen LogP contribution is -2.15. The van der Waals surface area contributed by atoms with Crippen LogP contribution in [-0.4, -0.2) is 15.9 Å². The minimum atomic E-state index is -0.713. The predicted molar refractivity (Wildman–Crippen MR) is 66.4 cm³/mol. The van der Waals surface area contributed by atoms with Crippen LogP contribution >= 0.6 is 23.2 Å². The lowest BCUT2D eigenvalue weighted by Gasteiger charge is -2.06. The fraction of sp³-hybridized carbons (Fsp3) is 0. The van der Waals surface area contributed by atoms with Crippen LogP contribution in [0.5, 0.6) is 0 Å². The van der Waals surface area contributed by atoms with Crippen LogP contribution in [0.3, 0.4) is 0 Å². The standard InChI is InChI=1S/C11H6Cl2FN3O/c12-6-2-1-3-7(14)10(6)11(18)17-9-5-15-4-8(13)16-9/h1-5H,(H,16,17,18). The Bertz CT molecular complexity index is 586. The van der Waals surface area contributed by atoms with E-state index < -0.39 is 11.7 Å². The lowest BCUT2D eigenvalue weighted by atomic mass is 10.2. The average Bonchev–Trinajstić information content (AvgIpc) is 2.28. The van der Waals surface area contributed by atoms with Crippen LogP contribution in [-0.2, 0) is 0 Å². The quantitative estimate of drug-likeness (QED) is 0.922. The molecule has 0 bridgehead atoms. The van der Waals surface area contributed by atoms with Crippen LogP contribution in [0.1, 0.15) is 10.4 Å². The summed E-state index contributed by atoms with van der Waals surface area (Å²) in [6.07, 6.45) is 2.60. The molecular weight excluding hydrogens is 280 g/mol. The number of nitrogens with one attached hydrogen (secondary N) is 1. The highest BCUT2D eigenvalue weighted by Crippen LogP contribution is 2.20. The monoisotopic (exact) mass is 285 g/mol. The molecule has 7 heteroatoms. The van der Waals surface area contributed by atoms with Gasteiger partial charge in [-0.2, -0.15) is 0 Å². The predicted octanol–water partition coefficient (Wildman–Crippen LogP) is 3.17. The molecule has 0 radical (unpaired) electrons. The largest absolute Gasteiger partial charge is 0.305 e. The maximum atomic E-state index is 13.5. The van der Waals surface area contributed by atoms with Gasteiger partial charge in [0.05, 0.1) is 23.0 Å². The molecule has 18 heavy (non-hydrogen) atoms. The molecule has 92 valence electrons. The molecular formula is C11H6Cl2FN3O. The first-order valence-electron chi connectivity index (χ1n) is 4.81. The minimum Gasteiger partial charge on any atom is -0.305 e. The topological polar surface area (TPSA) is 54.9 Å². The van der Waals surface area contributed by atoms with Gasteiger partial charge in [-0.3, -0.25) is 9.78 Å². The number of benzene rings is 1. The molecule has 2 aromatic rings. The van der Waals surface area contributed by atoms with E-state index in [-0.39, 0.29) is 21.6 Å². The highest BCUT2D eigenvalue weighted by Gasteiger charge is 2.16. The number of nitrogens with zero attached hydrogens (tertiary/aromatic N) is 2. The first-order chi connectivity index (χ1) is 8.58. The van der Waals surface area contributed by atoms with E-state index in [0.29, 0.717) is 0 Å². The number of anilines is 1. The van der Waals surface area contributed by atoms with Crippen LogP contribution in [0.25, 0.3) is 0 Å². The number of carbonyl (C=O) groups excluding carboxylic acids is 1. The van der Waals surface area contributed by atoms with E-state index in [4.69, 9.17) is 23.2 Å². The van der Waals surface area contributed by atoms with Crippen LogP contribution < -0.4 is 5.32 Å². The van der Waals surface area contributed by atoms with Crippen LogP contribution in [0.4, 0.5) is 10.2 Å². The molecule has 1 N–H and O–H groups in total. The van der Waals surface area contributed by atoms with E-state index in [0.717, 1.165) is 6.07 Å². The van der Waals surface area contributed by atoms with Gasteiger partial charge in [-0.25, -0.2) is 9.37 Å². The highest BCUT2D eigenvalue weighted by molar-refractivity contribution is 6.34. The van der Waals surface area contributed by atoms with E-state index >= 15 is 0 Å². The Morgan fingerprint density at radius 3 is 2.72 bits per heavy atom. The van der Waals surface area contributed by atoms with Crippen molar-refractivity contribution in [3.63, 3.8) is 0 Å². The van der Waals surface area contributed by atoms with Gasteiger partial charge in [0.25, 0.3) is 5.91 Å². The zero-order valence-corrected chi connectivity index (χ0v) is 10.3. The van der Waals surface area contributed by atoms with Gasteiger partial charge >= 0.3 is 0 Å². The van der Waals surface area contributed by atoms with Crippen LogP contribution in [0.2, 0.25) is 10.2 Å². The Hall–Kier alpha value is -1.72. The molecule has 0 aliphatic carbocycles. The molecule has 0 fully saturated rings. The summed E-state index contributed by atoms with van der Waals surface area (Å²) in [5.74, 6) is -1.31. The summed E-state index contributed by atoms with van der Waals surface area (Å²) in [6, 6.07) is 3.97.